The molecule has 1 heterocycles. The van der Waals surface area contributed by atoms with Crippen LogP contribution in [0.1, 0.15) is 19.5 Å². The Labute approximate surface area is 94.9 Å². The number of hydrogen-bond acceptors (Lipinski definition) is 5. The van der Waals surface area contributed by atoms with Gasteiger partial charge < -0.3 is 16.2 Å². The zero-order valence-corrected chi connectivity index (χ0v) is 9.44. The summed E-state index contributed by atoms with van der Waals surface area (Å²) in [6, 6.07) is 5.37. The Hall–Kier alpha value is -1.80. The number of nitrogens with zero attached hydrogens (tertiary/aromatic N) is 2. The van der Waals surface area contributed by atoms with Gasteiger partial charge in [0.2, 0.25) is 0 Å². The second-order valence-corrected chi connectivity index (χ2v) is 3.84. The van der Waals surface area contributed by atoms with Gasteiger partial charge >= 0.3 is 0 Å². The normalized spacial score (nSPS) is 13.9. The molecule has 0 amide bonds. The number of aliphatic hydroxyl groups is 1. The van der Waals surface area contributed by atoms with Gasteiger partial charge in [0.25, 0.3) is 0 Å². The van der Waals surface area contributed by atoms with Crippen molar-refractivity contribution >= 4 is 11.5 Å². The molecule has 5 heteroatoms. The number of aromatic nitrogens is 1. The molecule has 0 radical (unpaired) electrons. The molecule has 2 atom stereocenters. The highest BCUT2D eigenvalue weighted by Gasteiger charge is 2.11. The van der Waals surface area contributed by atoms with Gasteiger partial charge in [-0.1, -0.05) is 6.92 Å². The van der Waals surface area contributed by atoms with Crippen LogP contribution in [0.25, 0.3) is 0 Å². The molecule has 0 aliphatic carbocycles. The minimum absolute atomic E-state index is 0.0765. The third-order valence-electron chi connectivity index (χ3n) is 2.55. The molecule has 0 fully saturated rings. The number of anilines is 2. The van der Waals surface area contributed by atoms with Gasteiger partial charge in [0.1, 0.15) is 11.9 Å². The largest absolute Gasteiger partial charge is 0.396 e. The highest BCUT2D eigenvalue weighted by Crippen LogP contribution is 2.14. The first-order valence-corrected chi connectivity index (χ1v) is 5.12. The average Bonchev–Trinajstić information content (AvgIpc) is 2.30. The molecule has 2 unspecified atom stereocenters. The number of nitriles is 1. The van der Waals surface area contributed by atoms with Gasteiger partial charge in [0.15, 0.2) is 5.69 Å². The van der Waals surface area contributed by atoms with Crippen LogP contribution in [0.15, 0.2) is 12.1 Å². The van der Waals surface area contributed by atoms with Crippen LogP contribution in [0.4, 0.5) is 11.5 Å². The third-order valence-corrected chi connectivity index (χ3v) is 2.55. The Balaban J connectivity index is 2.79. The smallest absolute Gasteiger partial charge is 0.165 e. The highest BCUT2D eigenvalue weighted by molar-refractivity contribution is 5.54. The van der Waals surface area contributed by atoms with Crippen LogP contribution in [0.3, 0.4) is 0 Å². The van der Waals surface area contributed by atoms with Crippen molar-refractivity contribution in [1.82, 2.24) is 4.98 Å². The molecule has 4 N–H and O–H groups in total. The Morgan fingerprint density at radius 3 is 2.81 bits per heavy atom. The predicted molar refractivity (Wildman–Crippen MR) is 62.7 cm³/mol. The van der Waals surface area contributed by atoms with E-state index >= 15 is 0 Å². The second kappa shape index (κ2) is 5.33. The maximum atomic E-state index is 9.00. The molecule has 1 aromatic rings. The fourth-order valence-electron chi connectivity index (χ4n) is 1.17. The number of hydrogen-bond donors (Lipinski definition) is 3. The summed E-state index contributed by atoms with van der Waals surface area (Å²) in [5, 5.41) is 20.9. The fourth-order valence-corrected chi connectivity index (χ4v) is 1.17. The van der Waals surface area contributed by atoms with Crippen molar-refractivity contribution in [2.75, 3.05) is 17.7 Å². The summed E-state index contributed by atoms with van der Waals surface area (Å²) in [6.07, 6.45) is 0. The SMILES string of the molecule is CC(CO)C(C)Nc1ccc(N)c(C#N)n1. The summed E-state index contributed by atoms with van der Waals surface area (Å²) in [5.74, 6) is 0.712. The van der Waals surface area contributed by atoms with E-state index < -0.39 is 0 Å². The summed E-state index contributed by atoms with van der Waals surface area (Å²) in [6.45, 7) is 3.99. The zero-order valence-electron chi connectivity index (χ0n) is 9.44. The van der Waals surface area contributed by atoms with Crippen LogP contribution in [-0.4, -0.2) is 22.7 Å². The average molecular weight is 220 g/mol. The molecule has 16 heavy (non-hydrogen) atoms. The van der Waals surface area contributed by atoms with Gasteiger partial charge in [-0.25, -0.2) is 4.98 Å². The predicted octanol–water partition coefficient (Wildman–Crippen LogP) is 0.964. The summed E-state index contributed by atoms with van der Waals surface area (Å²) < 4.78 is 0. The molecule has 0 aliphatic heterocycles. The topological polar surface area (TPSA) is 95.0 Å². The second-order valence-electron chi connectivity index (χ2n) is 3.84. The van der Waals surface area contributed by atoms with E-state index in [0.717, 1.165) is 0 Å². The van der Waals surface area contributed by atoms with Crippen LogP contribution in [0.2, 0.25) is 0 Å². The van der Waals surface area contributed by atoms with E-state index in [4.69, 9.17) is 16.1 Å². The third kappa shape index (κ3) is 2.84. The van der Waals surface area contributed by atoms with Crippen LogP contribution in [-0.2, 0) is 0 Å². The minimum Gasteiger partial charge on any atom is -0.396 e. The van der Waals surface area contributed by atoms with E-state index in [1.54, 1.807) is 12.1 Å². The monoisotopic (exact) mass is 220 g/mol. The van der Waals surface area contributed by atoms with Crippen LogP contribution < -0.4 is 11.1 Å². The minimum atomic E-state index is 0.0765. The summed E-state index contributed by atoms with van der Waals surface area (Å²) in [4.78, 5) is 4.07. The summed E-state index contributed by atoms with van der Waals surface area (Å²) in [7, 11) is 0. The summed E-state index contributed by atoms with van der Waals surface area (Å²) >= 11 is 0. The Morgan fingerprint density at radius 1 is 1.56 bits per heavy atom. The standard InChI is InChI=1S/C11H16N4O/c1-7(6-16)8(2)14-11-4-3-9(13)10(5-12)15-11/h3-4,7-8,16H,6,13H2,1-2H3,(H,14,15). The van der Waals surface area contributed by atoms with E-state index in [1.165, 1.54) is 0 Å². The van der Waals surface area contributed by atoms with Crippen molar-refractivity contribution in [1.29, 1.82) is 5.26 Å². The molecule has 0 aliphatic rings. The molecule has 0 aromatic carbocycles. The van der Waals surface area contributed by atoms with Crippen LogP contribution in [0, 0.1) is 17.2 Å². The summed E-state index contributed by atoms with van der Waals surface area (Å²) in [5.41, 5.74) is 6.15. The number of pyridine rings is 1. The van der Waals surface area contributed by atoms with Gasteiger partial charge in [0.05, 0.1) is 5.69 Å². The Kier molecular flexibility index (Phi) is 4.09. The number of nitrogens with one attached hydrogen (secondary N) is 1. The molecule has 0 saturated heterocycles. The highest BCUT2D eigenvalue weighted by atomic mass is 16.3. The number of aliphatic hydroxyl groups excluding tert-OH is 1. The molecule has 86 valence electrons. The maximum Gasteiger partial charge on any atom is 0.165 e. The quantitative estimate of drug-likeness (QED) is 0.702. The van der Waals surface area contributed by atoms with Crippen molar-refractivity contribution in [2.45, 2.75) is 19.9 Å². The lowest BCUT2D eigenvalue weighted by Crippen LogP contribution is -2.26. The van der Waals surface area contributed by atoms with Gasteiger partial charge in [0, 0.05) is 12.6 Å². The zero-order chi connectivity index (χ0) is 12.1. The van der Waals surface area contributed by atoms with Crippen molar-refractivity contribution in [3.8, 4) is 6.07 Å². The lowest BCUT2D eigenvalue weighted by molar-refractivity contribution is 0.226. The lowest BCUT2D eigenvalue weighted by Gasteiger charge is -2.19. The number of nitrogen functional groups attached to an aromatic ring is 1. The van der Waals surface area contributed by atoms with Crippen molar-refractivity contribution < 1.29 is 5.11 Å². The van der Waals surface area contributed by atoms with Crippen LogP contribution >= 0.6 is 0 Å². The first kappa shape index (κ1) is 12.3. The first-order valence-electron chi connectivity index (χ1n) is 5.12. The van der Waals surface area contributed by atoms with Gasteiger partial charge in [-0.05, 0) is 25.0 Å². The molecule has 0 bridgehead atoms. The van der Waals surface area contributed by atoms with E-state index in [1.807, 2.05) is 19.9 Å². The molecule has 5 nitrogen and oxygen atoms in total. The Morgan fingerprint density at radius 2 is 2.25 bits per heavy atom. The first-order chi connectivity index (χ1) is 7.58. The molecular weight excluding hydrogens is 204 g/mol. The van der Waals surface area contributed by atoms with Gasteiger partial charge in [-0.3, -0.25) is 0 Å². The molecule has 1 aromatic heterocycles. The van der Waals surface area contributed by atoms with E-state index in [0.29, 0.717) is 11.5 Å². The van der Waals surface area contributed by atoms with Gasteiger partial charge in [-0.15, -0.1) is 0 Å². The molecule has 1 rings (SSSR count). The maximum absolute atomic E-state index is 9.00. The Bertz CT molecular complexity index is 399. The van der Waals surface area contributed by atoms with E-state index in [2.05, 4.69) is 10.3 Å². The number of rotatable bonds is 4. The fraction of sp³-hybridized carbons (Fsp3) is 0.455. The molecule has 0 saturated carbocycles. The van der Waals surface area contributed by atoms with Crippen molar-refractivity contribution in [2.24, 2.45) is 5.92 Å². The van der Waals surface area contributed by atoms with Crippen LogP contribution in [0.5, 0.6) is 0 Å². The van der Waals surface area contributed by atoms with E-state index in [-0.39, 0.29) is 24.3 Å². The van der Waals surface area contributed by atoms with Crippen molar-refractivity contribution in [3.63, 3.8) is 0 Å². The van der Waals surface area contributed by atoms with E-state index in [9.17, 15) is 0 Å². The van der Waals surface area contributed by atoms with Gasteiger partial charge in [-0.2, -0.15) is 5.26 Å². The molecule has 0 spiro atoms. The lowest BCUT2D eigenvalue weighted by atomic mass is 10.1. The molecular formula is C11H16N4O. The number of nitrogens with two attached hydrogens (primary N) is 1. The van der Waals surface area contributed by atoms with Crippen molar-refractivity contribution in [3.05, 3.63) is 17.8 Å².